The van der Waals surface area contributed by atoms with Gasteiger partial charge in [-0.2, -0.15) is 0 Å². The summed E-state index contributed by atoms with van der Waals surface area (Å²) in [7, 11) is 3.54. The van der Waals surface area contributed by atoms with Gasteiger partial charge < -0.3 is 14.7 Å². The van der Waals surface area contributed by atoms with Crippen LogP contribution < -0.4 is 10.1 Å². The number of nitrogens with one attached hydrogen (secondary N) is 1. The van der Waals surface area contributed by atoms with Crippen LogP contribution in [0, 0.1) is 11.8 Å². The molecule has 3 atom stereocenters. The van der Waals surface area contributed by atoms with Crippen molar-refractivity contribution in [3.8, 4) is 5.75 Å². The molecule has 2 fully saturated rings. The molecule has 0 spiro atoms. The molecule has 43 heavy (non-hydrogen) atoms. The van der Waals surface area contributed by atoms with Gasteiger partial charge in [0.05, 0.1) is 32.3 Å². The molecule has 0 bridgehead atoms. The van der Waals surface area contributed by atoms with Gasteiger partial charge in [0, 0.05) is 44.9 Å². The summed E-state index contributed by atoms with van der Waals surface area (Å²) in [5.41, 5.74) is 3.29. The Balaban J connectivity index is 1.41. The fourth-order valence-corrected chi connectivity index (χ4v) is 6.52. The molecule has 1 unspecified atom stereocenters. The molecule has 0 aliphatic carbocycles. The number of amides is 1. The van der Waals surface area contributed by atoms with Crippen molar-refractivity contribution in [2.45, 2.75) is 31.3 Å². The Bertz CT molecular complexity index is 1350. The number of nitrogens with zero attached hydrogens (tertiary/aromatic N) is 3. The zero-order chi connectivity index (χ0) is 30.3. The van der Waals surface area contributed by atoms with E-state index in [-0.39, 0.29) is 43.0 Å². The van der Waals surface area contributed by atoms with Gasteiger partial charge in [0.1, 0.15) is 5.75 Å². The number of carboxylic acid groups (broad SMARTS) is 1. The zero-order valence-electron chi connectivity index (χ0n) is 24.8. The second kappa shape index (κ2) is 13.9. The fourth-order valence-electron chi connectivity index (χ4n) is 6.52. The maximum Gasteiger partial charge on any atom is 0.303 e. The number of carbonyl (C=O) groups is 3. The minimum Gasteiger partial charge on any atom is -0.497 e. The van der Waals surface area contributed by atoms with E-state index in [0.29, 0.717) is 26.3 Å². The molecule has 2 aliphatic heterocycles. The third kappa shape index (κ3) is 7.13. The second-order valence-electron chi connectivity index (χ2n) is 11.4. The van der Waals surface area contributed by atoms with Crippen molar-refractivity contribution in [2.24, 2.45) is 11.8 Å². The van der Waals surface area contributed by atoms with Gasteiger partial charge in [-0.05, 0) is 35.2 Å². The van der Waals surface area contributed by atoms with Crippen molar-refractivity contribution in [1.82, 2.24) is 20.2 Å². The van der Waals surface area contributed by atoms with Crippen molar-refractivity contribution in [2.75, 3.05) is 40.5 Å². The van der Waals surface area contributed by atoms with Crippen LogP contribution in [0.2, 0.25) is 0 Å². The largest absolute Gasteiger partial charge is 0.497 e. The molecule has 2 aliphatic rings. The Kier molecular flexibility index (Phi) is 9.86. The van der Waals surface area contributed by atoms with Crippen molar-refractivity contribution in [3.63, 3.8) is 0 Å². The number of Topliss-reactive ketones (excluding diaryl/α,β-unsaturated/α-hetero) is 1. The van der Waals surface area contributed by atoms with Gasteiger partial charge in [-0.3, -0.25) is 19.7 Å². The van der Waals surface area contributed by atoms with Crippen LogP contribution in [0.5, 0.6) is 5.75 Å². The second-order valence-corrected chi connectivity index (χ2v) is 11.4. The number of carboxylic acids is 1. The number of hydrogen-bond acceptors (Lipinski definition) is 7. The van der Waals surface area contributed by atoms with Crippen molar-refractivity contribution in [3.05, 3.63) is 102 Å². The highest BCUT2D eigenvalue weighted by Gasteiger charge is 2.51. The molecular formula is C34H40N4O5. The summed E-state index contributed by atoms with van der Waals surface area (Å²) in [5, 5.41) is 17.1. The number of hydrazine groups is 1. The number of rotatable bonds is 12. The summed E-state index contributed by atoms with van der Waals surface area (Å²) >= 11 is 0. The Morgan fingerprint density at radius 2 is 1.60 bits per heavy atom. The summed E-state index contributed by atoms with van der Waals surface area (Å²) in [6, 6.07) is 27.8. The number of likely N-dealkylation sites (tertiary alicyclic amines) is 1. The molecule has 1 amide bonds. The molecule has 3 aromatic rings. The monoisotopic (exact) mass is 584 g/mol. The number of aliphatic carboxylic acids is 1. The predicted octanol–water partition coefficient (Wildman–Crippen LogP) is 3.61. The zero-order valence-corrected chi connectivity index (χ0v) is 24.8. The molecule has 2 N–H and O–H groups in total. The van der Waals surface area contributed by atoms with Crippen molar-refractivity contribution >= 4 is 17.7 Å². The summed E-state index contributed by atoms with van der Waals surface area (Å²) in [4.78, 5) is 41.1. The van der Waals surface area contributed by atoms with Crippen LogP contribution in [0.1, 0.15) is 35.4 Å². The number of likely N-dealkylation sites (N-methyl/N-ethyl adjacent to an activating group) is 1. The first-order valence-corrected chi connectivity index (χ1v) is 14.8. The highest BCUT2D eigenvalue weighted by atomic mass is 16.5. The number of carbonyl (C=O) groups excluding carboxylic acids is 2. The van der Waals surface area contributed by atoms with Crippen LogP contribution in [0.15, 0.2) is 84.9 Å². The molecule has 3 aromatic carbocycles. The summed E-state index contributed by atoms with van der Waals surface area (Å²) < 4.78 is 5.26. The van der Waals surface area contributed by atoms with Gasteiger partial charge >= 0.3 is 5.97 Å². The van der Waals surface area contributed by atoms with Gasteiger partial charge in [0.25, 0.3) is 0 Å². The van der Waals surface area contributed by atoms with Gasteiger partial charge in [-0.1, -0.05) is 72.8 Å². The molecule has 0 aromatic heterocycles. The Morgan fingerprint density at radius 1 is 0.977 bits per heavy atom. The summed E-state index contributed by atoms with van der Waals surface area (Å²) in [6.07, 6.45) is -0.0250. The van der Waals surface area contributed by atoms with Crippen LogP contribution >= 0.6 is 0 Å². The molecule has 0 radical (unpaired) electrons. The van der Waals surface area contributed by atoms with Crippen LogP contribution in [0.4, 0.5) is 0 Å². The molecule has 0 saturated carbocycles. The number of hydrogen-bond donors (Lipinski definition) is 2. The van der Waals surface area contributed by atoms with E-state index in [2.05, 4.69) is 34.6 Å². The smallest absolute Gasteiger partial charge is 0.303 e. The van der Waals surface area contributed by atoms with E-state index in [1.807, 2.05) is 77.6 Å². The van der Waals surface area contributed by atoms with Crippen molar-refractivity contribution < 1.29 is 24.2 Å². The SMILES string of the molecule is COc1ccc(CNCN2[C@H]3CN(CC(c4ccccc4)c4ccccc4)C(=O)[C@H](CCC(=O)O)C3C(=O)CN2C)cc1. The van der Waals surface area contributed by atoms with Crippen molar-refractivity contribution in [1.29, 1.82) is 0 Å². The molecule has 5 rings (SSSR count). The lowest BCUT2D eigenvalue weighted by Gasteiger charge is -2.52. The first-order chi connectivity index (χ1) is 20.9. The van der Waals surface area contributed by atoms with Gasteiger partial charge in [0.15, 0.2) is 5.78 Å². The fraction of sp³-hybridized carbons (Fsp3) is 0.382. The molecule has 226 valence electrons. The molecule has 9 heteroatoms. The lowest BCUT2D eigenvalue weighted by atomic mass is 9.74. The molecular weight excluding hydrogens is 544 g/mol. The normalized spacial score (nSPS) is 21.2. The highest BCUT2D eigenvalue weighted by Crippen LogP contribution is 2.37. The number of fused-ring (bicyclic) bond motifs is 1. The van der Waals surface area contributed by atoms with Gasteiger partial charge in [-0.15, -0.1) is 0 Å². The minimum atomic E-state index is -0.966. The Morgan fingerprint density at radius 3 is 2.19 bits per heavy atom. The first kappa shape index (κ1) is 30.4. The van der Waals surface area contributed by atoms with Gasteiger partial charge in [-0.25, -0.2) is 10.0 Å². The van der Waals surface area contributed by atoms with Crippen LogP contribution in [-0.2, 0) is 20.9 Å². The van der Waals surface area contributed by atoms with Gasteiger partial charge in [0.2, 0.25) is 5.91 Å². The highest BCUT2D eigenvalue weighted by molar-refractivity contribution is 5.92. The van der Waals surface area contributed by atoms with Crippen LogP contribution in [0.25, 0.3) is 0 Å². The van der Waals surface area contributed by atoms with E-state index in [0.717, 1.165) is 22.4 Å². The third-order valence-corrected chi connectivity index (χ3v) is 8.70. The topological polar surface area (TPSA) is 102 Å². The molecule has 9 nitrogen and oxygen atoms in total. The lowest BCUT2D eigenvalue weighted by Crippen LogP contribution is -2.69. The summed E-state index contributed by atoms with van der Waals surface area (Å²) in [6.45, 7) is 2.09. The summed E-state index contributed by atoms with van der Waals surface area (Å²) in [5.74, 6) is -1.63. The van der Waals surface area contributed by atoms with E-state index >= 15 is 0 Å². The first-order valence-electron chi connectivity index (χ1n) is 14.8. The maximum absolute atomic E-state index is 14.1. The average molecular weight is 585 g/mol. The van der Waals surface area contributed by atoms with E-state index < -0.39 is 17.8 Å². The average Bonchev–Trinajstić information content (AvgIpc) is 3.02. The quantitative estimate of drug-likeness (QED) is 0.333. The van der Waals surface area contributed by atoms with E-state index in [4.69, 9.17) is 4.74 Å². The molecule has 2 heterocycles. The maximum atomic E-state index is 14.1. The van der Waals surface area contributed by atoms with Crippen LogP contribution in [-0.4, -0.2) is 84.2 Å². The standard InChI is InChI=1S/C34H40N4O5/c1-36-22-31(39)33-28(17-18-32(40)41)34(42)37(20-29(25-9-5-3-6-10-25)26-11-7-4-8-12-26)21-30(33)38(36)23-35-19-24-13-15-27(43-2)16-14-24/h3-16,28-30,33,35H,17-23H2,1-2H3,(H,40,41)/t28-,30+,33?/m1/s1. The third-order valence-electron chi connectivity index (χ3n) is 8.70. The number of piperidine rings is 1. The number of ether oxygens (including phenoxy) is 1. The van der Waals surface area contributed by atoms with Crippen LogP contribution in [0.3, 0.4) is 0 Å². The van der Waals surface area contributed by atoms with E-state index in [1.54, 1.807) is 7.11 Å². The molecule has 2 saturated heterocycles. The van der Waals surface area contributed by atoms with E-state index in [9.17, 15) is 19.5 Å². The van der Waals surface area contributed by atoms with E-state index in [1.165, 1.54) is 0 Å². The minimum absolute atomic E-state index is 0.00929. The Hall–Kier alpha value is -4.05. The predicted molar refractivity (Wildman–Crippen MR) is 163 cm³/mol. The number of methoxy groups -OCH3 is 1. The number of ketones is 1. The Labute approximate surface area is 253 Å². The lowest BCUT2D eigenvalue weighted by molar-refractivity contribution is -0.175. The number of benzene rings is 3.